The Balaban J connectivity index is 2.21. The van der Waals surface area contributed by atoms with E-state index in [1.54, 1.807) is 0 Å². The molecule has 8 nitrogen and oxygen atoms in total. The molecule has 1 rings (SSSR count). The second-order valence-corrected chi connectivity index (χ2v) is 4.21. The molecule has 0 heterocycles. The van der Waals surface area contributed by atoms with E-state index in [0.29, 0.717) is 0 Å². The van der Waals surface area contributed by atoms with Gasteiger partial charge < -0.3 is 26.2 Å². The molecule has 1 saturated carbocycles. The van der Waals surface area contributed by atoms with Gasteiger partial charge in [-0.2, -0.15) is 0 Å². The lowest BCUT2D eigenvalue weighted by Gasteiger charge is -2.15. The minimum atomic E-state index is -1.66. The van der Waals surface area contributed by atoms with Gasteiger partial charge in [-0.25, -0.2) is 9.59 Å². The molecule has 0 bridgehead atoms. The molecule has 0 radical (unpaired) electrons. The summed E-state index contributed by atoms with van der Waals surface area (Å²) in [6, 6.07) is -1.21. The van der Waals surface area contributed by atoms with Crippen molar-refractivity contribution in [3.8, 4) is 0 Å². The fourth-order valence-corrected chi connectivity index (χ4v) is 1.14. The van der Waals surface area contributed by atoms with Crippen molar-refractivity contribution >= 4 is 17.9 Å². The predicted octanol–water partition coefficient (Wildman–Crippen LogP) is -1.60. The van der Waals surface area contributed by atoms with Gasteiger partial charge in [0.2, 0.25) is 5.91 Å². The van der Waals surface area contributed by atoms with E-state index in [4.69, 9.17) is 10.2 Å². The van der Waals surface area contributed by atoms with Crippen molar-refractivity contribution in [2.75, 3.05) is 6.54 Å². The van der Waals surface area contributed by atoms with Crippen LogP contribution in [0.25, 0.3) is 0 Å². The smallest absolute Gasteiger partial charge is 0.334 e. The lowest BCUT2D eigenvalue weighted by molar-refractivity contribution is -0.146. The standard InChI is InChI=1S/C10H17N3O5/c1-5(8(15)13-6-2-3-6)12-10(18)11-4-7(14)9(16)17/h5-7,14H,2-4H2,1H3,(H,13,15)(H,16,17)(H2,11,12,18)/t5?,7-/m0/s1. The summed E-state index contributed by atoms with van der Waals surface area (Å²) >= 11 is 0. The lowest BCUT2D eigenvalue weighted by atomic mass is 10.3. The molecule has 1 aliphatic rings. The highest BCUT2D eigenvalue weighted by atomic mass is 16.4. The Hall–Kier alpha value is -1.83. The summed E-state index contributed by atoms with van der Waals surface area (Å²) in [6.45, 7) is 1.10. The summed E-state index contributed by atoms with van der Waals surface area (Å²) in [4.78, 5) is 33.0. The Morgan fingerprint density at radius 3 is 2.44 bits per heavy atom. The maximum absolute atomic E-state index is 11.5. The van der Waals surface area contributed by atoms with Gasteiger partial charge in [-0.05, 0) is 19.8 Å². The van der Waals surface area contributed by atoms with Gasteiger partial charge in [0.15, 0.2) is 6.10 Å². The molecule has 1 unspecified atom stereocenters. The van der Waals surface area contributed by atoms with E-state index in [-0.39, 0.29) is 11.9 Å². The topological polar surface area (TPSA) is 128 Å². The van der Waals surface area contributed by atoms with Crippen LogP contribution in [-0.4, -0.2) is 52.9 Å². The molecule has 8 heteroatoms. The largest absolute Gasteiger partial charge is 0.479 e. The molecule has 0 aromatic rings. The third-order valence-electron chi connectivity index (χ3n) is 2.41. The molecular formula is C10H17N3O5. The van der Waals surface area contributed by atoms with E-state index in [9.17, 15) is 14.4 Å². The highest BCUT2D eigenvalue weighted by Gasteiger charge is 2.26. The number of hydrogen-bond acceptors (Lipinski definition) is 4. The van der Waals surface area contributed by atoms with E-state index < -0.39 is 30.7 Å². The van der Waals surface area contributed by atoms with Crippen molar-refractivity contribution in [2.24, 2.45) is 0 Å². The quantitative estimate of drug-likeness (QED) is 0.392. The van der Waals surface area contributed by atoms with Crippen LogP contribution in [0, 0.1) is 0 Å². The van der Waals surface area contributed by atoms with Gasteiger partial charge in [-0.3, -0.25) is 4.79 Å². The first-order chi connectivity index (χ1) is 8.40. The Morgan fingerprint density at radius 2 is 1.94 bits per heavy atom. The Morgan fingerprint density at radius 1 is 1.33 bits per heavy atom. The minimum absolute atomic E-state index is 0.207. The zero-order valence-corrected chi connectivity index (χ0v) is 9.97. The van der Waals surface area contributed by atoms with Crippen LogP contribution in [0.2, 0.25) is 0 Å². The third-order valence-corrected chi connectivity index (χ3v) is 2.41. The van der Waals surface area contributed by atoms with Crippen LogP contribution in [0.15, 0.2) is 0 Å². The molecule has 5 N–H and O–H groups in total. The molecular weight excluding hydrogens is 242 g/mol. The van der Waals surface area contributed by atoms with Crippen molar-refractivity contribution in [3.05, 3.63) is 0 Å². The number of carbonyl (C=O) groups is 3. The number of carbonyl (C=O) groups excluding carboxylic acids is 2. The van der Waals surface area contributed by atoms with Crippen molar-refractivity contribution in [2.45, 2.75) is 38.0 Å². The zero-order valence-electron chi connectivity index (χ0n) is 9.97. The number of urea groups is 1. The van der Waals surface area contributed by atoms with Crippen molar-refractivity contribution in [1.82, 2.24) is 16.0 Å². The van der Waals surface area contributed by atoms with E-state index >= 15 is 0 Å². The predicted molar refractivity (Wildman–Crippen MR) is 60.8 cm³/mol. The minimum Gasteiger partial charge on any atom is -0.479 e. The number of carboxylic acid groups (broad SMARTS) is 1. The lowest BCUT2D eigenvalue weighted by Crippen LogP contribution is -2.50. The molecule has 0 aliphatic heterocycles. The first kappa shape index (κ1) is 14.2. The van der Waals surface area contributed by atoms with Gasteiger partial charge in [0.05, 0.1) is 6.54 Å². The van der Waals surface area contributed by atoms with Crippen LogP contribution in [-0.2, 0) is 9.59 Å². The van der Waals surface area contributed by atoms with Gasteiger partial charge in [0, 0.05) is 6.04 Å². The molecule has 0 aromatic carbocycles. The Kier molecular flexibility index (Phi) is 4.90. The second kappa shape index (κ2) is 6.20. The summed E-state index contributed by atoms with van der Waals surface area (Å²) in [5.41, 5.74) is 0. The first-order valence-corrected chi connectivity index (χ1v) is 5.65. The van der Waals surface area contributed by atoms with Gasteiger partial charge in [-0.1, -0.05) is 0 Å². The highest BCUT2D eigenvalue weighted by Crippen LogP contribution is 2.18. The monoisotopic (exact) mass is 259 g/mol. The number of aliphatic hydroxyl groups is 1. The van der Waals surface area contributed by atoms with E-state index in [1.165, 1.54) is 6.92 Å². The van der Waals surface area contributed by atoms with Crippen LogP contribution in [0.4, 0.5) is 4.79 Å². The fourth-order valence-electron chi connectivity index (χ4n) is 1.14. The van der Waals surface area contributed by atoms with Gasteiger partial charge in [0.1, 0.15) is 6.04 Å². The average Bonchev–Trinajstić information content (AvgIpc) is 3.09. The third kappa shape index (κ3) is 5.00. The maximum Gasteiger partial charge on any atom is 0.334 e. The van der Waals surface area contributed by atoms with E-state index in [0.717, 1.165) is 12.8 Å². The summed E-state index contributed by atoms with van der Waals surface area (Å²) in [5, 5.41) is 24.5. The number of rotatable bonds is 6. The number of aliphatic hydroxyl groups excluding tert-OH is 1. The first-order valence-electron chi connectivity index (χ1n) is 5.65. The second-order valence-electron chi connectivity index (χ2n) is 4.21. The molecule has 0 spiro atoms. The van der Waals surface area contributed by atoms with Gasteiger partial charge in [0.25, 0.3) is 0 Å². The summed E-state index contributed by atoms with van der Waals surface area (Å²) < 4.78 is 0. The van der Waals surface area contributed by atoms with Gasteiger partial charge >= 0.3 is 12.0 Å². The van der Waals surface area contributed by atoms with Crippen LogP contribution >= 0.6 is 0 Å². The number of nitrogens with one attached hydrogen (secondary N) is 3. The average molecular weight is 259 g/mol. The van der Waals surface area contributed by atoms with Gasteiger partial charge in [-0.15, -0.1) is 0 Å². The van der Waals surface area contributed by atoms with E-state index in [1.807, 2.05) is 0 Å². The molecule has 1 fully saturated rings. The number of hydrogen-bond donors (Lipinski definition) is 5. The zero-order chi connectivity index (χ0) is 13.7. The molecule has 0 saturated heterocycles. The molecule has 0 aromatic heterocycles. The van der Waals surface area contributed by atoms with Crippen LogP contribution in [0.1, 0.15) is 19.8 Å². The Bertz CT molecular complexity index is 342. The molecule has 3 amide bonds. The molecule has 18 heavy (non-hydrogen) atoms. The highest BCUT2D eigenvalue weighted by molar-refractivity contribution is 5.87. The van der Waals surface area contributed by atoms with Crippen molar-refractivity contribution in [1.29, 1.82) is 0 Å². The number of aliphatic carboxylic acids is 1. The maximum atomic E-state index is 11.5. The van der Waals surface area contributed by atoms with Crippen molar-refractivity contribution in [3.63, 3.8) is 0 Å². The summed E-state index contributed by atoms with van der Waals surface area (Å²) in [6.07, 6.45) is 0.247. The van der Waals surface area contributed by atoms with Crippen molar-refractivity contribution < 1.29 is 24.6 Å². The Labute approximate surface area is 104 Å². The van der Waals surface area contributed by atoms with Crippen LogP contribution < -0.4 is 16.0 Å². The molecule has 2 atom stereocenters. The van der Waals surface area contributed by atoms with E-state index in [2.05, 4.69) is 16.0 Å². The fraction of sp³-hybridized carbons (Fsp3) is 0.700. The number of amides is 3. The summed E-state index contributed by atoms with van der Waals surface area (Å²) in [5.74, 6) is -1.71. The van der Waals surface area contributed by atoms with Crippen LogP contribution in [0.3, 0.4) is 0 Å². The van der Waals surface area contributed by atoms with Crippen LogP contribution in [0.5, 0.6) is 0 Å². The number of carboxylic acids is 1. The summed E-state index contributed by atoms with van der Waals surface area (Å²) in [7, 11) is 0. The molecule has 1 aliphatic carbocycles. The SMILES string of the molecule is CC(NC(=O)NC[C@H](O)C(=O)O)C(=O)NC1CC1. The normalized spacial score (nSPS) is 17.4. The molecule has 102 valence electrons.